The fraction of sp³-hybridized carbons (Fsp3) is 0.786. The van der Waals surface area contributed by atoms with Crippen molar-refractivity contribution in [3.63, 3.8) is 0 Å². The zero-order valence-corrected chi connectivity index (χ0v) is 12.9. The first-order valence-corrected chi connectivity index (χ1v) is 8.01. The van der Waals surface area contributed by atoms with Crippen molar-refractivity contribution < 1.29 is 37.0 Å². The maximum Gasteiger partial charge on any atom is 0.522 e. The Morgan fingerprint density at radius 3 is 2.48 bits per heavy atom. The average molecular weight is 363 g/mol. The summed E-state index contributed by atoms with van der Waals surface area (Å²) in [6.45, 7) is 0. The van der Waals surface area contributed by atoms with Gasteiger partial charge in [-0.05, 0) is 25.7 Å². The summed E-state index contributed by atoms with van der Waals surface area (Å²) in [5.74, 6) is 0.381. The van der Waals surface area contributed by atoms with Crippen LogP contribution in [0.5, 0.6) is 0 Å². The van der Waals surface area contributed by atoms with Gasteiger partial charge in [-0.2, -0.15) is 0 Å². The fourth-order valence-corrected chi connectivity index (χ4v) is 3.84. The SMILES string of the molecule is O=C(O)NC1CC2OC1CC2c1nnc(C2CC(OC(F)(F)F)C2)o1. The van der Waals surface area contributed by atoms with E-state index < -0.39 is 18.6 Å². The molecular formula is C14H16F3N3O5. The predicted molar refractivity (Wildman–Crippen MR) is 72.8 cm³/mol. The largest absolute Gasteiger partial charge is 0.522 e. The molecule has 1 aromatic rings. The lowest BCUT2D eigenvalue weighted by atomic mass is 9.82. The molecular weight excluding hydrogens is 347 g/mol. The van der Waals surface area contributed by atoms with E-state index in [-0.39, 0.29) is 42.9 Å². The van der Waals surface area contributed by atoms with Crippen molar-refractivity contribution in [1.29, 1.82) is 0 Å². The van der Waals surface area contributed by atoms with E-state index in [2.05, 4.69) is 20.3 Å². The molecule has 2 aliphatic heterocycles. The van der Waals surface area contributed by atoms with Crippen LogP contribution in [0.2, 0.25) is 0 Å². The Bertz CT molecular complexity index is 660. The molecule has 1 amide bonds. The van der Waals surface area contributed by atoms with Gasteiger partial charge in [-0.25, -0.2) is 4.79 Å². The molecule has 8 nitrogen and oxygen atoms in total. The van der Waals surface area contributed by atoms with Crippen molar-refractivity contribution in [2.75, 3.05) is 0 Å². The molecule has 3 heterocycles. The van der Waals surface area contributed by atoms with Gasteiger partial charge in [-0.1, -0.05) is 0 Å². The van der Waals surface area contributed by atoms with E-state index in [1.54, 1.807) is 0 Å². The number of alkyl halides is 3. The van der Waals surface area contributed by atoms with Gasteiger partial charge in [-0.15, -0.1) is 23.4 Å². The number of aromatic nitrogens is 2. The Labute approximate surface area is 139 Å². The van der Waals surface area contributed by atoms with Crippen LogP contribution in [0.3, 0.4) is 0 Å². The van der Waals surface area contributed by atoms with Crippen LogP contribution in [0.1, 0.15) is 49.3 Å². The lowest BCUT2D eigenvalue weighted by molar-refractivity contribution is -0.352. The van der Waals surface area contributed by atoms with Gasteiger partial charge in [0.05, 0.1) is 30.3 Å². The molecule has 1 aromatic heterocycles. The number of ether oxygens (including phenoxy) is 2. The lowest BCUT2D eigenvalue weighted by Crippen LogP contribution is -2.41. The summed E-state index contributed by atoms with van der Waals surface area (Å²) in [6, 6.07) is -0.243. The highest BCUT2D eigenvalue weighted by molar-refractivity contribution is 5.65. The maximum absolute atomic E-state index is 12.1. The molecule has 1 aliphatic carbocycles. The Balaban J connectivity index is 1.33. The van der Waals surface area contributed by atoms with Crippen LogP contribution in [0.15, 0.2) is 4.42 Å². The second-order valence-corrected chi connectivity index (χ2v) is 6.68. The Hall–Kier alpha value is -1.88. The van der Waals surface area contributed by atoms with E-state index in [0.29, 0.717) is 24.6 Å². The highest BCUT2D eigenvalue weighted by atomic mass is 19.4. The van der Waals surface area contributed by atoms with Crippen LogP contribution >= 0.6 is 0 Å². The summed E-state index contributed by atoms with van der Waals surface area (Å²) < 4.78 is 51.7. The molecule has 4 unspecified atom stereocenters. The Kier molecular flexibility index (Phi) is 3.87. The van der Waals surface area contributed by atoms with Crippen LogP contribution in [0, 0.1) is 0 Å². The summed E-state index contributed by atoms with van der Waals surface area (Å²) in [4.78, 5) is 10.7. The normalized spacial score (nSPS) is 37.1. The monoisotopic (exact) mass is 363 g/mol. The van der Waals surface area contributed by atoms with Crippen LogP contribution < -0.4 is 5.32 Å². The number of nitrogens with zero attached hydrogens (tertiary/aromatic N) is 2. The Morgan fingerprint density at radius 1 is 1.16 bits per heavy atom. The van der Waals surface area contributed by atoms with Gasteiger partial charge in [0, 0.05) is 5.92 Å². The van der Waals surface area contributed by atoms with Crippen molar-refractivity contribution in [2.45, 2.75) is 68.2 Å². The van der Waals surface area contributed by atoms with Gasteiger partial charge in [0.1, 0.15) is 0 Å². The van der Waals surface area contributed by atoms with Gasteiger partial charge in [0.2, 0.25) is 11.8 Å². The molecule has 25 heavy (non-hydrogen) atoms. The van der Waals surface area contributed by atoms with E-state index in [1.807, 2.05) is 0 Å². The third kappa shape index (κ3) is 3.30. The van der Waals surface area contributed by atoms with E-state index in [0.717, 1.165) is 0 Å². The zero-order chi connectivity index (χ0) is 17.8. The Morgan fingerprint density at radius 2 is 1.88 bits per heavy atom. The van der Waals surface area contributed by atoms with Crippen molar-refractivity contribution in [3.8, 4) is 0 Å². The molecule has 2 bridgehead atoms. The molecule has 3 fully saturated rings. The molecule has 1 saturated carbocycles. The van der Waals surface area contributed by atoms with Crippen LogP contribution in [0.25, 0.3) is 0 Å². The van der Waals surface area contributed by atoms with Crippen molar-refractivity contribution >= 4 is 6.09 Å². The summed E-state index contributed by atoms with van der Waals surface area (Å²) >= 11 is 0. The molecule has 11 heteroatoms. The topological polar surface area (TPSA) is 107 Å². The molecule has 3 aliphatic rings. The molecule has 0 spiro atoms. The highest BCUT2D eigenvalue weighted by Crippen LogP contribution is 2.46. The smallest absolute Gasteiger partial charge is 0.465 e. The number of carbonyl (C=O) groups is 1. The van der Waals surface area contributed by atoms with Gasteiger partial charge in [-0.3, -0.25) is 4.74 Å². The van der Waals surface area contributed by atoms with Crippen LogP contribution in [0.4, 0.5) is 18.0 Å². The summed E-state index contributed by atoms with van der Waals surface area (Å²) in [5, 5.41) is 19.2. The van der Waals surface area contributed by atoms with Crippen molar-refractivity contribution in [3.05, 3.63) is 11.8 Å². The second kappa shape index (κ2) is 5.84. The third-order valence-electron chi connectivity index (χ3n) is 5.05. The summed E-state index contributed by atoms with van der Waals surface area (Å²) in [7, 11) is 0. The third-order valence-corrected chi connectivity index (χ3v) is 5.05. The van der Waals surface area contributed by atoms with Crippen molar-refractivity contribution in [2.24, 2.45) is 0 Å². The maximum atomic E-state index is 12.1. The summed E-state index contributed by atoms with van der Waals surface area (Å²) in [6.07, 6.45) is -5.51. The quantitative estimate of drug-likeness (QED) is 0.844. The number of carboxylic acid groups (broad SMARTS) is 1. The van der Waals surface area contributed by atoms with Gasteiger partial charge in [0.25, 0.3) is 0 Å². The first-order chi connectivity index (χ1) is 11.8. The van der Waals surface area contributed by atoms with E-state index in [1.165, 1.54) is 0 Å². The number of fused-ring (bicyclic) bond motifs is 2. The second-order valence-electron chi connectivity index (χ2n) is 6.68. The minimum Gasteiger partial charge on any atom is -0.465 e. The molecule has 0 aromatic carbocycles. The first-order valence-electron chi connectivity index (χ1n) is 8.01. The molecule has 4 atom stereocenters. The molecule has 138 valence electrons. The van der Waals surface area contributed by atoms with Crippen molar-refractivity contribution in [1.82, 2.24) is 15.5 Å². The van der Waals surface area contributed by atoms with Gasteiger partial charge >= 0.3 is 12.5 Å². The number of halogens is 3. The standard InChI is InChI=1S/C14H16F3N3O5/c15-14(16,17)25-6-1-5(2-6)11-19-20-12(24-11)7-3-10-8(18-13(21)22)4-9(7)23-10/h5-10,18H,1-4H2,(H,21,22). The van der Waals surface area contributed by atoms with E-state index in [4.69, 9.17) is 14.3 Å². The molecule has 4 rings (SSSR count). The predicted octanol–water partition coefficient (Wildman–Crippen LogP) is 2.13. The van der Waals surface area contributed by atoms with Crippen LogP contribution in [-0.4, -0.2) is 52.1 Å². The average Bonchev–Trinajstić information content (AvgIpc) is 3.14. The number of rotatable bonds is 4. The fourth-order valence-electron chi connectivity index (χ4n) is 3.84. The van der Waals surface area contributed by atoms with Gasteiger partial charge < -0.3 is 19.6 Å². The molecule has 0 radical (unpaired) electrons. The molecule has 2 saturated heterocycles. The summed E-state index contributed by atoms with van der Waals surface area (Å²) in [5.41, 5.74) is 0. The number of hydrogen-bond acceptors (Lipinski definition) is 6. The highest BCUT2D eigenvalue weighted by Gasteiger charge is 2.50. The number of amides is 1. The number of hydrogen-bond donors (Lipinski definition) is 2. The minimum atomic E-state index is -4.63. The van der Waals surface area contributed by atoms with E-state index >= 15 is 0 Å². The molecule has 2 N–H and O–H groups in total. The zero-order valence-electron chi connectivity index (χ0n) is 12.9. The minimum absolute atomic E-state index is 0.111. The number of nitrogens with one attached hydrogen (secondary N) is 1. The lowest BCUT2D eigenvalue weighted by Gasteiger charge is -2.32. The van der Waals surface area contributed by atoms with Crippen LogP contribution in [-0.2, 0) is 9.47 Å². The van der Waals surface area contributed by atoms with E-state index in [9.17, 15) is 18.0 Å². The first kappa shape index (κ1) is 16.6. The van der Waals surface area contributed by atoms with Gasteiger partial charge in [0.15, 0.2) is 0 Å².